The van der Waals surface area contributed by atoms with E-state index in [1.165, 1.54) is 0 Å². The standard InChI is InChI=1S/4C2H4O2.ClH/c4*1-2(3)4;/h4*1H3,(H,3,4);1H. The zero-order valence-electron chi connectivity index (χ0n) is 9.83. The van der Waals surface area contributed by atoms with Crippen molar-refractivity contribution in [2.75, 3.05) is 0 Å². The van der Waals surface area contributed by atoms with Crippen LogP contribution in [0.1, 0.15) is 27.7 Å². The lowest BCUT2D eigenvalue weighted by Gasteiger charge is -1.59. The van der Waals surface area contributed by atoms with Crippen LogP contribution in [-0.4, -0.2) is 44.3 Å². The Bertz CT molecular complexity index is 162. The van der Waals surface area contributed by atoms with Gasteiger partial charge in [0.05, 0.1) is 0 Å². The van der Waals surface area contributed by atoms with E-state index >= 15 is 0 Å². The predicted octanol–water partition coefficient (Wildman–Crippen LogP) is 0.785. The van der Waals surface area contributed by atoms with E-state index in [4.69, 9.17) is 39.6 Å². The maximum atomic E-state index is 9.00. The lowest BCUT2D eigenvalue weighted by Crippen LogP contribution is -1.78. The molecule has 0 unspecified atom stereocenters. The van der Waals surface area contributed by atoms with Gasteiger partial charge in [-0.05, 0) is 0 Å². The van der Waals surface area contributed by atoms with Gasteiger partial charge in [-0.2, -0.15) is 0 Å². The van der Waals surface area contributed by atoms with Gasteiger partial charge in [0.2, 0.25) is 0 Å². The van der Waals surface area contributed by atoms with Crippen LogP contribution in [0.3, 0.4) is 0 Å². The number of rotatable bonds is 0. The number of aliphatic carboxylic acids is 4. The summed E-state index contributed by atoms with van der Waals surface area (Å²) in [6.45, 7) is 4.33. The maximum absolute atomic E-state index is 9.00. The fraction of sp³-hybridized carbons (Fsp3) is 0.500. The third-order valence-corrected chi connectivity index (χ3v) is 0. The van der Waals surface area contributed by atoms with Crippen molar-refractivity contribution in [3.8, 4) is 0 Å². The molecule has 9 heteroatoms. The molecule has 0 aliphatic carbocycles. The SMILES string of the molecule is CC(=O)O.CC(=O)O.CC(=O)O.CC(=O)O.Cl. The van der Waals surface area contributed by atoms with Gasteiger partial charge in [-0.3, -0.25) is 19.2 Å². The molecule has 17 heavy (non-hydrogen) atoms. The summed E-state index contributed by atoms with van der Waals surface area (Å²) in [6, 6.07) is 0. The molecule has 4 N–H and O–H groups in total. The highest BCUT2D eigenvalue weighted by atomic mass is 35.5. The van der Waals surface area contributed by atoms with Gasteiger partial charge in [0, 0.05) is 27.7 Å². The van der Waals surface area contributed by atoms with E-state index in [0.29, 0.717) is 0 Å². The summed E-state index contributed by atoms with van der Waals surface area (Å²) in [5.74, 6) is -3.33. The molecule has 0 amide bonds. The summed E-state index contributed by atoms with van der Waals surface area (Å²) in [5.41, 5.74) is 0. The van der Waals surface area contributed by atoms with Crippen LogP contribution >= 0.6 is 12.4 Å². The van der Waals surface area contributed by atoms with Gasteiger partial charge in [0.25, 0.3) is 23.9 Å². The van der Waals surface area contributed by atoms with E-state index in [0.717, 1.165) is 27.7 Å². The zero-order valence-corrected chi connectivity index (χ0v) is 10.6. The van der Waals surface area contributed by atoms with E-state index in [1.54, 1.807) is 0 Å². The Morgan fingerprint density at radius 3 is 0.529 bits per heavy atom. The van der Waals surface area contributed by atoms with Gasteiger partial charge < -0.3 is 20.4 Å². The monoisotopic (exact) mass is 276 g/mol. The first kappa shape index (κ1) is 29.4. The zero-order chi connectivity index (χ0) is 14.3. The van der Waals surface area contributed by atoms with Crippen molar-refractivity contribution >= 4 is 36.3 Å². The molecule has 0 aliphatic heterocycles. The molecular formula is C8H17ClO8. The van der Waals surface area contributed by atoms with Gasteiger partial charge in [-0.25, -0.2) is 0 Å². The summed E-state index contributed by atoms with van der Waals surface area (Å²) >= 11 is 0. The van der Waals surface area contributed by atoms with Crippen molar-refractivity contribution in [3.63, 3.8) is 0 Å². The molecule has 0 atom stereocenters. The lowest BCUT2D eigenvalue weighted by atomic mass is 10.9. The third-order valence-electron chi connectivity index (χ3n) is 0. The molecule has 0 rings (SSSR count). The Morgan fingerprint density at radius 2 is 0.529 bits per heavy atom. The van der Waals surface area contributed by atoms with Crippen LogP contribution in [0.25, 0.3) is 0 Å². The summed E-state index contributed by atoms with van der Waals surface area (Å²) in [6.07, 6.45) is 0. The highest BCUT2D eigenvalue weighted by molar-refractivity contribution is 5.85. The highest BCUT2D eigenvalue weighted by Crippen LogP contribution is 1.43. The fourth-order valence-electron chi connectivity index (χ4n) is 0. The van der Waals surface area contributed by atoms with Crippen molar-refractivity contribution in [2.24, 2.45) is 0 Å². The predicted molar refractivity (Wildman–Crippen MR) is 60.5 cm³/mol. The van der Waals surface area contributed by atoms with E-state index in [1.807, 2.05) is 0 Å². The minimum atomic E-state index is -0.833. The normalized spacial score (nSPS) is 5.88. The van der Waals surface area contributed by atoms with Crippen LogP contribution in [0.2, 0.25) is 0 Å². The fourth-order valence-corrected chi connectivity index (χ4v) is 0. The molecule has 0 aromatic carbocycles. The molecule has 0 aromatic rings. The molecule has 8 nitrogen and oxygen atoms in total. The Kier molecular flexibility index (Phi) is 41.2. The Hall–Kier alpha value is -1.83. The minimum Gasteiger partial charge on any atom is -0.481 e. The van der Waals surface area contributed by atoms with E-state index in [9.17, 15) is 0 Å². The second-order valence-corrected chi connectivity index (χ2v) is 2.08. The Balaban J connectivity index is -0.0000000369. The van der Waals surface area contributed by atoms with Crippen molar-refractivity contribution in [1.82, 2.24) is 0 Å². The number of carbonyl (C=O) groups is 4. The molecule has 104 valence electrons. The first-order valence-electron chi connectivity index (χ1n) is 3.71. The smallest absolute Gasteiger partial charge is 0.300 e. The minimum absolute atomic E-state index is 0. The average Bonchev–Trinajstić information content (AvgIpc) is 1.76. The molecule has 0 spiro atoms. The number of halogens is 1. The van der Waals surface area contributed by atoms with Gasteiger partial charge in [-0.15, -0.1) is 12.4 Å². The molecule has 0 saturated carbocycles. The van der Waals surface area contributed by atoms with E-state index < -0.39 is 23.9 Å². The maximum Gasteiger partial charge on any atom is 0.300 e. The van der Waals surface area contributed by atoms with Gasteiger partial charge in [-0.1, -0.05) is 0 Å². The van der Waals surface area contributed by atoms with Crippen LogP contribution in [-0.2, 0) is 19.2 Å². The van der Waals surface area contributed by atoms with Crippen LogP contribution in [0.4, 0.5) is 0 Å². The quantitative estimate of drug-likeness (QED) is 0.507. The molecule has 0 aromatic heterocycles. The van der Waals surface area contributed by atoms with Crippen LogP contribution in [0, 0.1) is 0 Å². The first-order chi connectivity index (χ1) is 6.93. The lowest BCUT2D eigenvalue weighted by molar-refractivity contribution is -0.135. The Labute approximate surface area is 104 Å². The molecular weight excluding hydrogens is 260 g/mol. The van der Waals surface area contributed by atoms with Crippen molar-refractivity contribution < 1.29 is 39.6 Å². The van der Waals surface area contributed by atoms with E-state index in [2.05, 4.69) is 0 Å². The van der Waals surface area contributed by atoms with Crippen LogP contribution < -0.4 is 0 Å². The van der Waals surface area contributed by atoms with Crippen molar-refractivity contribution in [2.45, 2.75) is 27.7 Å². The average molecular weight is 277 g/mol. The molecule has 0 heterocycles. The summed E-state index contributed by atoms with van der Waals surface area (Å²) in [4.78, 5) is 36.0. The second-order valence-electron chi connectivity index (χ2n) is 2.08. The Morgan fingerprint density at radius 1 is 0.529 bits per heavy atom. The highest BCUT2D eigenvalue weighted by Gasteiger charge is 1.66. The van der Waals surface area contributed by atoms with Gasteiger partial charge in [0.1, 0.15) is 0 Å². The number of hydrogen-bond acceptors (Lipinski definition) is 4. The molecule has 0 bridgehead atoms. The third kappa shape index (κ3) is 627. The first-order valence-corrected chi connectivity index (χ1v) is 3.71. The molecule has 0 aliphatic rings. The molecule has 0 fully saturated rings. The summed E-state index contributed by atoms with van der Waals surface area (Å²) in [5, 5.41) is 29.7. The number of carboxylic acid groups (broad SMARTS) is 4. The van der Waals surface area contributed by atoms with Crippen LogP contribution in [0.15, 0.2) is 0 Å². The summed E-state index contributed by atoms with van der Waals surface area (Å²) in [7, 11) is 0. The number of hydrogen-bond donors (Lipinski definition) is 4. The van der Waals surface area contributed by atoms with Gasteiger partial charge >= 0.3 is 0 Å². The van der Waals surface area contributed by atoms with Crippen molar-refractivity contribution in [1.29, 1.82) is 0 Å². The topological polar surface area (TPSA) is 149 Å². The molecule has 0 saturated heterocycles. The number of carboxylic acids is 4. The largest absolute Gasteiger partial charge is 0.481 e. The van der Waals surface area contributed by atoms with Gasteiger partial charge in [0.15, 0.2) is 0 Å². The van der Waals surface area contributed by atoms with E-state index in [-0.39, 0.29) is 12.4 Å². The van der Waals surface area contributed by atoms with Crippen molar-refractivity contribution in [3.05, 3.63) is 0 Å². The van der Waals surface area contributed by atoms with Crippen LogP contribution in [0.5, 0.6) is 0 Å². The summed E-state index contributed by atoms with van der Waals surface area (Å²) < 4.78 is 0. The molecule has 0 radical (unpaired) electrons. The second kappa shape index (κ2) is 23.8.